The molecule has 8 heteroatoms. The van der Waals surface area contributed by atoms with Crippen LogP contribution >= 0.6 is 11.6 Å². The monoisotopic (exact) mass is 663 g/mol. The zero-order valence-electron chi connectivity index (χ0n) is 29.3. The molecule has 5 rings (SSSR count). The molecule has 4 atom stereocenters. The Morgan fingerprint density at radius 1 is 0.936 bits per heavy atom. The molecule has 1 saturated heterocycles. The van der Waals surface area contributed by atoms with Crippen LogP contribution in [0.5, 0.6) is 0 Å². The van der Waals surface area contributed by atoms with Crippen molar-refractivity contribution < 1.29 is 9.59 Å². The Bertz CT molecular complexity index is 1290. The predicted molar refractivity (Wildman–Crippen MR) is 192 cm³/mol. The Hall–Kier alpha value is -2.45. The third-order valence-corrected chi connectivity index (χ3v) is 11.6. The molecule has 2 fully saturated rings. The lowest BCUT2D eigenvalue weighted by atomic mass is 9.80. The van der Waals surface area contributed by atoms with Crippen molar-refractivity contribution in [1.29, 1.82) is 0 Å². The number of nitrogens with one attached hydrogen (secondary N) is 1. The topological polar surface area (TPSA) is 59.1 Å². The molecule has 0 spiro atoms. The number of rotatable bonds is 14. The van der Waals surface area contributed by atoms with Crippen LogP contribution in [0.15, 0.2) is 48.5 Å². The summed E-state index contributed by atoms with van der Waals surface area (Å²) in [7, 11) is 2.07. The summed E-state index contributed by atoms with van der Waals surface area (Å²) in [5.41, 5.74) is 3.48. The molecule has 258 valence electrons. The van der Waals surface area contributed by atoms with Gasteiger partial charge in [-0.05, 0) is 87.5 Å². The van der Waals surface area contributed by atoms with E-state index >= 15 is 0 Å². The maximum atomic E-state index is 14.2. The molecule has 1 N–H and O–H groups in total. The van der Waals surface area contributed by atoms with Gasteiger partial charge in [0, 0.05) is 68.7 Å². The summed E-state index contributed by atoms with van der Waals surface area (Å²) >= 11 is 6.18. The number of halogens is 1. The van der Waals surface area contributed by atoms with Crippen molar-refractivity contribution in [1.82, 2.24) is 24.9 Å². The van der Waals surface area contributed by atoms with Gasteiger partial charge in [0.15, 0.2) is 0 Å². The number of benzene rings is 2. The van der Waals surface area contributed by atoms with Crippen molar-refractivity contribution in [3.05, 3.63) is 70.2 Å². The van der Waals surface area contributed by atoms with Gasteiger partial charge in [-0.2, -0.15) is 0 Å². The Morgan fingerprint density at radius 3 is 2.30 bits per heavy atom. The zero-order valence-corrected chi connectivity index (χ0v) is 30.1. The van der Waals surface area contributed by atoms with Crippen molar-refractivity contribution >= 4 is 23.4 Å². The number of piperazine rings is 1. The normalized spacial score (nSPS) is 21.4. The number of fused-ring (bicyclic) bond motifs is 1. The van der Waals surface area contributed by atoms with Gasteiger partial charge in [0.05, 0.1) is 0 Å². The first-order valence-electron chi connectivity index (χ1n) is 18.4. The lowest BCUT2D eigenvalue weighted by molar-refractivity contribution is -0.138. The fourth-order valence-corrected chi connectivity index (χ4v) is 8.67. The minimum Gasteiger partial charge on any atom is -0.344 e. The number of carbonyl (C=O) groups is 2. The fourth-order valence-electron chi connectivity index (χ4n) is 8.54. The van der Waals surface area contributed by atoms with Gasteiger partial charge in [-0.15, -0.1) is 0 Å². The molecule has 2 amide bonds. The SMILES string of the molecule is CCN(CC)[C@H](C)CCC(C1CCCCC1)N1CCN(C(=O)[C@@H](Cc2ccc(Cl)cc2)NC(=O)CC2c3ccccc3CN2C)CC1. The Morgan fingerprint density at radius 2 is 1.62 bits per heavy atom. The van der Waals surface area contributed by atoms with Crippen LogP contribution in [0, 0.1) is 5.92 Å². The number of carbonyl (C=O) groups excluding carboxylic acids is 2. The van der Waals surface area contributed by atoms with Crippen LogP contribution in [-0.4, -0.2) is 95.9 Å². The minimum atomic E-state index is -0.610. The molecular formula is C39H58ClN5O2. The van der Waals surface area contributed by atoms with Gasteiger partial charge in [0.1, 0.15) is 6.04 Å². The Labute approximate surface area is 289 Å². The largest absolute Gasteiger partial charge is 0.344 e. The van der Waals surface area contributed by atoms with Gasteiger partial charge in [-0.3, -0.25) is 19.4 Å². The second-order valence-electron chi connectivity index (χ2n) is 14.3. The van der Waals surface area contributed by atoms with Crippen LogP contribution in [0.1, 0.15) is 94.9 Å². The lowest BCUT2D eigenvalue weighted by Gasteiger charge is -2.44. The van der Waals surface area contributed by atoms with Crippen molar-refractivity contribution in [2.45, 2.75) is 109 Å². The third-order valence-electron chi connectivity index (χ3n) is 11.3. The number of hydrogen-bond acceptors (Lipinski definition) is 5. The molecule has 3 aliphatic rings. The van der Waals surface area contributed by atoms with Gasteiger partial charge < -0.3 is 15.1 Å². The molecule has 2 aliphatic heterocycles. The number of nitrogens with zero attached hydrogens (tertiary/aromatic N) is 4. The first-order valence-corrected chi connectivity index (χ1v) is 18.7. The van der Waals surface area contributed by atoms with E-state index in [0.29, 0.717) is 43.0 Å². The average Bonchev–Trinajstić information content (AvgIpc) is 3.40. The summed E-state index contributed by atoms with van der Waals surface area (Å²) in [6, 6.07) is 16.6. The van der Waals surface area contributed by atoms with E-state index in [1.807, 2.05) is 35.2 Å². The van der Waals surface area contributed by atoms with E-state index in [2.05, 4.69) is 66.0 Å². The summed E-state index contributed by atoms with van der Waals surface area (Å²) in [5, 5.41) is 3.85. The molecule has 1 aliphatic carbocycles. The second-order valence-corrected chi connectivity index (χ2v) is 14.7. The van der Waals surface area contributed by atoms with Gasteiger partial charge in [-0.1, -0.05) is 81.1 Å². The van der Waals surface area contributed by atoms with Crippen LogP contribution in [0.2, 0.25) is 5.02 Å². The smallest absolute Gasteiger partial charge is 0.245 e. The summed E-state index contributed by atoms with van der Waals surface area (Å²) < 4.78 is 0. The summed E-state index contributed by atoms with van der Waals surface area (Å²) in [4.78, 5) is 37.3. The van der Waals surface area contributed by atoms with E-state index in [-0.39, 0.29) is 17.9 Å². The highest BCUT2D eigenvalue weighted by atomic mass is 35.5. The summed E-state index contributed by atoms with van der Waals surface area (Å²) in [5.74, 6) is 0.701. The predicted octanol–water partition coefficient (Wildman–Crippen LogP) is 6.55. The molecule has 2 heterocycles. The standard InChI is InChI=1S/C39H58ClN5O2/c1-5-43(6-2)29(3)16-21-36(31-12-8-7-9-13-31)44-22-24-45(25-23-44)39(47)35(26-30-17-19-33(40)20-18-30)41-38(46)27-37-34-15-11-10-14-32(34)28-42(37)4/h10-11,14-15,17-20,29,31,35-37H,5-9,12-13,16,21-28H2,1-4H3,(H,41,46)/t29-,35-,36?,37?/m1/s1. The molecular weight excluding hydrogens is 606 g/mol. The molecule has 7 nitrogen and oxygen atoms in total. The first-order chi connectivity index (χ1) is 22.8. The number of amides is 2. The fraction of sp³-hybridized carbons (Fsp3) is 0.641. The molecule has 47 heavy (non-hydrogen) atoms. The van der Waals surface area contributed by atoms with E-state index in [1.54, 1.807) is 0 Å². The highest BCUT2D eigenvalue weighted by Crippen LogP contribution is 2.35. The first kappa shape index (κ1) is 35.8. The minimum absolute atomic E-state index is 0.0159. The van der Waals surface area contributed by atoms with Gasteiger partial charge in [0.2, 0.25) is 11.8 Å². The van der Waals surface area contributed by atoms with Crippen LogP contribution in [0.25, 0.3) is 0 Å². The van der Waals surface area contributed by atoms with Crippen LogP contribution in [-0.2, 0) is 22.6 Å². The molecule has 2 aromatic carbocycles. The van der Waals surface area contributed by atoms with Crippen molar-refractivity contribution in [3.8, 4) is 0 Å². The Kier molecular flexibility index (Phi) is 13.2. The van der Waals surface area contributed by atoms with Crippen molar-refractivity contribution in [2.24, 2.45) is 5.92 Å². The molecule has 1 saturated carbocycles. The highest BCUT2D eigenvalue weighted by molar-refractivity contribution is 6.30. The van der Waals surface area contributed by atoms with E-state index in [0.717, 1.165) is 44.2 Å². The maximum absolute atomic E-state index is 14.2. The summed E-state index contributed by atoms with van der Waals surface area (Å²) in [6.07, 6.45) is 9.96. The molecule has 0 radical (unpaired) electrons. The van der Waals surface area contributed by atoms with Crippen molar-refractivity contribution in [2.75, 3.05) is 46.3 Å². The van der Waals surface area contributed by atoms with Gasteiger partial charge in [0.25, 0.3) is 0 Å². The lowest BCUT2D eigenvalue weighted by Crippen LogP contribution is -2.58. The van der Waals surface area contributed by atoms with Crippen LogP contribution in [0.4, 0.5) is 0 Å². The van der Waals surface area contributed by atoms with Crippen LogP contribution < -0.4 is 5.32 Å². The molecule has 2 unspecified atom stereocenters. The highest BCUT2D eigenvalue weighted by Gasteiger charge is 2.35. The zero-order chi connectivity index (χ0) is 33.3. The third kappa shape index (κ3) is 9.38. The van der Waals surface area contributed by atoms with Gasteiger partial charge >= 0.3 is 0 Å². The maximum Gasteiger partial charge on any atom is 0.245 e. The van der Waals surface area contributed by atoms with E-state index < -0.39 is 6.04 Å². The molecule has 2 aromatic rings. The van der Waals surface area contributed by atoms with Crippen molar-refractivity contribution in [3.63, 3.8) is 0 Å². The van der Waals surface area contributed by atoms with Gasteiger partial charge in [-0.25, -0.2) is 0 Å². The Balaban J connectivity index is 1.24. The van der Waals surface area contributed by atoms with E-state index in [1.165, 1.54) is 56.1 Å². The quantitative estimate of drug-likeness (QED) is 0.249. The molecule has 0 aromatic heterocycles. The number of hydrogen-bond donors (Lipinski definition) is 1. The average molecular weight is 664 g/mol. The van der Waals surface area contributed by atoms with Crippen LogP contribution in [0.3, 0.4) is 0 Å². The van der Waals surface area contributed by atoms with E-state index in [4.69, 9.17) is 11.6 Å². The molecule has 0 bridgehead atoms. The second kappa shape index (κ2) is 17.3. The van der Waals surface area contributed by atoms with E-state index in [9.17, 15) is 9.59 Å². The summed E-state index contributed by atoms with van der Waals surface area (Å²) in [6.45, 7) is 13.2.